The number of halogens is 3. The molecule has 0 aromatic heterocycles. The predicted octanol–water partition coefficient (Wildman–Crippen LogP) is 5.25. The summed E-state index contributed by atoms with van der Waals surface area (Å²) in [5, 5.41) is 0. The van der Waals surface area contributed by atoms with Crippen molar-refractivity contribution in [2.45, 2.75) is 13.2 Å². The number of nitrogens with zero attached hydrogens (tertiary/aromatic N) is 1. The molecule has 0 amide bonds. The molecule has 0 radical (unpaired) electrons. The molecular formula is C17H12BrFINO3. The summed E-state index contributed by atoms with van der Waals surface area (Å²) >= 11 is 5.18. The zero-order chi connectivity index (χ0) is 17.7. The number of esters is 1. The lowest BCUT2D eigenvalue weighted by atomic mass is 10.1. The first-order valence-electron chi connectivity index (χ1n) is 6.76. The molecule has 0 aliphatic heterocycles. The van der Waals surface area contributed by atoms with E-state index < -0.39 is 5.97 Å². The van der Waals surface area contributed by atoms with E-state index >= 15 is 0 Å². The van der Waals surface area contributed by atoms with Crippen molar-refractivity contribution in [3.63, 3.8) is 0 Å². The van der Waals surface area contributed by atoms with Crippen LogP contribution < -0.4 is 0 Å². The Balaban J connectivity index is 2.16. The van der Waals surface area contributed by atoms with Gasteiger partial charge in [-0.1, -0.05) is 18.2 Å². The molecule has 0 unspecified atom stereocenters. The first kappa shape index (κ1) is 18.8. The lowest BCUT2D eigenvalue weighted by molar-refractivity contribution is 0.0590. The Morgan fingerprint density at radius 1 is 1.29 bits per heavy atom. The number of rotatable bonds is 5. The lowest BCUT2D eigenvalue weighted by Gasteiger charge is -2.11. The van der Waals surface area contributed by atoms with Gasteiger partial charge in [-0.3, -0.25) is 0 Å². The Labute approximate surface area is 161 Å². The average Bonchev–Trinajstić information content (AvgIpc) is 2.58. The largest absolute Gasteiger partial charge is 0.465 e. The van der Waals surface area contributed by atoms with Crippen LogP contribution in [0.3, 0.4) is 0 Å². The van der Waals surface area contributed by atoms with E-state index in [0.29, 0.717) is 21.3 Å². The van der Waals surface area contributed by atoms with Gasteiger partial charge in [-0.15, -0.1) is 0 Å². The van der Waals surface area contributed by atoms with E-state index in [-0.39, 0.29) is 19.0 Å². The molecule has 0 N–H and O–H groups in total. The monoisotopic (exact) mass is 503 g/mol. The second-order valence-electron chi connectivity index (χ2n) is 4.80. The normalized spacial score (nSPS) is 10.3. The maximum Gasteiger partial charge on any atom is 0.338 e. The predicted molar refractivity (Wildman–Crippen MR) is 99.4 cm³/mol. The quantitative estimate of drug-likeness (QED) is 0.242. The van der Waals surface area contributed by atoms with Gasteiger partial charge in [0.25, 0.3) is 0 Å². The summed E-state index contributed by atoms with van der Waals surface area (Å²) in [5.41, 5.74) is 2.18. The van der Waals surface area contributed by atoms with Crippen molar-refractivity contribution in [1.82, 2.24) is 0 Å². The van der Waals surface area contributed by atoms with Gasteiger partial charge in [0.1, 0.15) is 5.82 Å². The Hall–Kier alpha value is -1.50. The topological polar surface area (TPSA) is 39.9 Å². The zero-order valence-electron chi connectivity index (χ0n) is 12.6. The highest BCUT2D eigenvalue weighted by Gasteiger charge is 2.13. The number of carbonyl (C=O) groups excluding carboxylic acids is 1. The van der Waals surface area contributed by atoms with Crippen LogP contribution in [-0.4, -0.2) is 13.1 Å². The Morgan fingerprint density at radius 3 is 2.67 bits per heavy atom. The number of carbonyl (C=O) groups is 1. The van der Waals surface area contributed by atoms with Gasteiger partial charge in [0, 0.05) is 3.57 Å². The maximum absolute atomic E-state index is 13.4. The standard InChI is InChI=1S/C17H12BrFINO3/c1-21-12-3-4-13(17(22)23-2)10(5-12)8-24-9-11-6-14(18)15(19)7-16(11)20/h3-7H,8-9H2,2H3. The van der Waals surface area contributed by atoms with Crippen LogP contribution in [0.2, 0.25) is 0 Å². The minimum absolute atomic E-state index is 0.138. The summed E-state index contributed by atoms with van der Waals surface area (Å²) in [4.78, 5) is 15.2. The molecule has 24 heavy (non-hydrogen) atoms. The van der Waals surface area contributed by atoms with E-state index in [0.717, 1.165) is 9.13 Å². The van der Waals surface area contributed by atoms with E-state index in [1.807, 2.05) is 22.6 Å². The molecule has 124 valence electrons. The number of benzene rings is 2. The molecule has 2 rings (SSSR count). The third-order valence-electron chi connectivity index (χ3n) is 3.23. The van der Waals surface area contributed by atoms with Crippen molar-refractivity contribution in [1.29, 1.82) is 0 Å². The maximum atomic E-state index is 13.4. The van der Waals surface area contributed by atoms with Gasteiger partial charge in [-0.05, 0) is 61.8 Å². The molecule has 0 aliphatic rings. The summed E-state index contributed by atoms with van der Waals surface area (Å²) in [5.74, 6) is -0.815. The van der Waals surface area contributed by atoms with E-state index in [1.165, 1.54) is 13.2 Å². The highest BCUT2D eigenvalue weighted by Crippen LogP contribution is 2.24. The molecule has 0 aliphatic carbocycles. The fraction of sp³-hybridized carbons (Fsp3) is 0.176. The smallest absolute Gasteiger partial charge is 0.338 e. The molecule has 0 spiro atoms. The highest BCUT2D eigenvalue weighted by atomic mass is 127. The molecule has 4 nitrogen and oxygen atoms in total. The molecule has 0 atom stereocenters. The summed E-state index contributed by atoms with van der Waals surface area (Å²) in [6, 6.07) is 7.79. The summed E-state index contributed by atoms with van der Waals surface area (Å²) in [7, 11) is 1.30. The van der Waals surface area contributed by atoms with Crippen molar-refractivity contribution in [3.8, 4) is 0 Å². The molecular weight excluding hydrogens is 492 g/mol. The minimum atomic E-state index is -0.482. The minimum Gasteiger partial charge on any atom is -0.465 e. The first-order valence-corrected chi connectivity index (χ1v) is 8.63. The highest BCUT2D eigenvalue weighted by molar-refractivity contribution is 14.1. The fourth-order valence-electron chi connectivity index (χ4n) is 2.02. The number of hydrogen-bond donors (Lipinski definition) is 0. The van der Waals surface area contributed by atoms with Crippen molar-refractivity contribution < 1.29 is 18.7 Å². The van der Waals surface area contributed by atoms with Crippen LogP contribution in [0.5, 0.6) is 0 Å². The summed E-state index contributed by atoms with van der Waals surface area (Å²) < 4.78 is 25.0. The Kier molecular flexibility index (Phi) is 6.71. The second-order valence-corrected chi connectivity index (χ2v) is 6.81. The molecule has 2 aromatic rings. The zero-order valence-corrected chi connectivity index (χ0v) is 16.4. The fourth-order valence-corrected chi connectivity index (χ4v) is 3.00. The van der Waals surface area contributed by atoms with Gasteiger partial charge in [0.15, 0.2) is 5.69 Å². The first-order chi connectivity index (χ1) is 11.5. The van der Waals surface area contributed by atoms with Gasteiger partial charge in [0.05, 0.1) is 36.9 Å². The van der Waals surface area contributed by atoms with Crippen LogP contribution in [0.15, 0.2) is 34.8 Å². The molecule has 0 heterocycles. The van der Waals surface area contributed by atoms with Crippen molar-refractivity contribution in [2.24, 2.45) is 0 Å². The van der Waals surface area contributed by atoms with E-state index in [1.54, 1.807) is 24.3 Å². The molecule has 7 heteroatoms. The van der Waals surface area contributed by atoms with Crippen LogP contribution in [-0.2, 0) is 22.7 Å². The van der Waals surface area contributed by atoms with Gasteiger partial charge in [-0.2, -0.15) is 0 Å². The van der Waals surface area contributed by atoms with Gasteiger partial charge in [-0.25, -0.2) is 14.0 Å². The summed E-state index contributed by atoms with van der Waals surface area (Å²) in [6.45, 7) is 7.46. The number of ether oxygens (including phenoxy) is 2. The van der Waals surface area contributed by atoms with Crippen molar-refractivity contribution >= 4 is 50.2 Å². The van der Waals surface area contributed by atoms with E-state index in [4.69, 9.17) is 16.0 Å². The average molecular weight is 504 g/mol. The second kappa shape index (κ2) is 8.55. The molecule has 0 saturated heterocycles. The van der Waals surface area contributed by atoms with Gasteiger partial charge < -0.3 is 9.47 Å². The van der Waals surface area contributed by atoms with Gasteiger partial charge >= 0.3 is 5.97 Å². The SMILES string of the molecule is [C-]#[N+]c1ccc(C(=O)OC)c(COCc2cc(Br)c(F)cc2I)c1. The molecule has 0 bridgehead atoms. The van der Waals surface area contributed by atoms with E-state index in [2.05, 4.69) is 20.8 Å². The van der Waals surface area contributed by atoms with Crippen LogP contribution >= 0.6 is 38.5 Å². The molecule has 0 saturated carbocycles. The number of hydrogen-bond acceptors (Lipinski definition) is 3. The van der Waals surface area contributed by atoms with Crippen LogP contribution in [0.25, 0.3) is 4.85 Å². The van der Waals surface area contributed by atoms with Crippen molar-refractivity contribution in [3.05, 3.63) is 72.3 Å². The van der Waals surface area contributed by atoms with Crippen LogP contribution in [0.4, 0.5) is 10.1 Å². The van der Waals surface area contributed by atoms with Crippen molar-refractivity contribution in [2.75, 3.05) is 7.11 Å². The molecule has 2 aromatic carbocycles. The Morgan fingerprint density at radius 2 is 2.00 bits per heavy atom. The summed E-state index contributed by atoms with van der Waals surface area (Å²) in [6.07, 6.45) is 0. The van der Waals surface area contributed by atoms with Crippen LogP contribution in [0, 0.1) is 16.0 Å². The third kappa shape index (κ3) is 4.53. The van der Waals surface area contributed by atoms with Crippen LogP contribution in [0.1, 0.15) is 21.5 Å². The third-order valence-corrected chi connectivity index (χ3v) is 4.84. The number of methoxy groups -OCH3 is 1. The van der Waals surface area contributed by atoms with Gasteiger partial charge in [0.2, 0.25) is 0 Å². The molecule has 0 fully saturated rings. The lowest BCUT2D eigenvalue weighted by Crippen LogP contribution is -2.07. The Bertz CT molecular complexity index is 820. The van der Waals surface area contributed by atoms with E-state index in [9.17, 15) is 9.18 Å².